The Morgan fingerprint density at radius 2 is 1.95 bits per heavy atom. The lowest BCUT2D eigenvalue weighted by Gasteiger charge is -2.54. The second-order valence-corrected chi connectivity index (χ2v) is 10.4. The summed E-state index contributed by atoms with van der Waals surface area (Å²) in [7, 11) is 2.84. The number of hydrogen-bond donors (Lipinski definition) is 4. The first-order valence-corrected chi connectivity index (χ1v) is 12.8. The number of fused-ring (bicyclic) bond motifs is 6. The SMILES string of the molecule is COc1c2c(c(O)c3c4c(c(C)cc13)C1OC3(C(CO)CO)OC1[C@@](OC)(O4)[C@@]3(O)CCl)C(=O)CCC2. The lowest BCUT2D eigenvalue weighted by atomic mass is 9.73. The maximum atomic E-state index is 12.9. The minimum absolute atomic E-state index is 0.155. The number of carbonyl (C=O) groups excluding carboxylic acids is 1. The van der Waals surface area contributed by atoms with Gasteiger partial charge in [-0.25, -0.2) is 0 Å². The number of aliphatic hydroxyl groups excluding tert-OH is 2. The molecule has 10 nitrogen and oxygen atoms in total. The van der Waals surface area contributed by atoms with Gasteiger partial charge in [0.2, 0.25) is 11.4 Å². The Labute approximate surface area is 217 Å². The highest BCUT2D eigenvalue weighted by molar-refractivity contribution is 6.19. The highest BCUT2D eigenvalue weighted by atomic mass is 35.5. The maximum Gasteiger partial charge on any atom is 0.275 e. The largest absolute Gasteiger partial charge is 0.506 e. The van der Waals surface area contributed by atoms with Crippen LogP contribution in [0.2, 0.25) is 0 Å². The van der Waals surface area contributed by atoms with Gasteiger partial charge in [-0.2, -0.15) is 0 Å². The quantitative estimate of drug-likeness (QED) is 0.404. The standard InChI is InChI=1S/C26H29ClO10/c1-11-7-14-18(19(31)17-13(20(14)33-2)5-4-6-15(17)30)21-16(11)22-23-26(34-3,35-21)24(32,10-27)25(36-22,37-23)12(8-28)9-29/h7,12,22-23,28-29,31-32H,4-6,8-10H2,1-3H3/t22?,23?,24-,25?,26-/m1/s1. The third-order valence-corrected chi connectivity index (χ3v) is 8.94. The van der Waals surface area contributed by atoms with Crippen molar-refractivity contribution in [1.29, 1.82) is 0 Å². The lowest BCUT2D eigenvalue weighted by molar-refractivity contribution is -0.360. The van der Waals surface area contributed by atoms with Gasteiger partial charge in [-0.1, -0.05) is 0 Å². The molecule has 0 amide bonds. The molecule has 2 fully saturated rings. The van der Waals surface area contributed by atoms with Crippen molar-refractivity contribution >= 4 is 28.2 Å². The molecule has 37 heavy (non-hydrogen) atoms. The van der Waals surface area contributed by atoms with Crippen LogP contribution >= 0.6 is 11.6 Å². The van der Waals surface area contributed by atoms with Crippen molar-refractivity contribution in [3.8, 4) is 17.2 Å². The number of alkyl halides is 1. The summed E-state index contributed by atoms with van der Waals surface area (Å²) in [5.41, 5.74) is -0.0856. The summed E-state index contributed by atoms with van der Waals surface area (Å²) in [6.45, 7) is 0.712. The van der Waals surface area contributed by atoms with E-state index in [2.05, 4.69) is 0 Å². The van der Waals surface area contributed by atoms with Gasteiger partial charge in [0.15, 0.2) is 11.9 Å². The smallest absolute Gasteiger partial charge is 0.275 e. The average molecular weight is 537 g/mol. The second-order valence-electron chi connectivity index (χ2n) is 10.1. The van der Waals surface area contributed by atoms with Crippen molar-refractivity contribution < 1.29 is 48.9 Å². The first-order chi connectivity index (χ1) is 17.7. The molecule has 11 heteroatoms. The number of halogens is 1. The number of methoxy groups -OCH3 is 2. The molecule has 2 aromatic rings. The molecule has 1 aliphatic carbocycles. The van der Waals surface area contributed by atoms with Crippen molar-refractivity contribution in [2.45, 2.75) is 55.6 Å². The summed E-state index contributed by atoms with van der Waals surface area (Å²) in [5, 5.41) is 44.4. The third-order valence-electron chi connectivity index (χ3n) is 8.55. The number of benzene rings is 2. The van der Waals surface area contributed by atoms with E-state index in [0.717, 1.165) is 5.56 Å². The summed E-state index contributed by atoms with van der Waals surface area (Å²) in [5.74, 6) is -5.22. The Kier molecular flexibility index (Phi) is 5.54. The number of hydrogen-bond acceptors (Lipinski definition) is 10. The number of aliphatic hydroxyl groups is 3. The van der Waals surface area contributed by atoms with E-state index in [-0.39, 0.29) is 28.2 Å². The Bertz CT molecular complexity index is 1320. The zero-order valence-electron chi connectivity index (χ0n) is 20.7. The molecule has 200 valence electrons. The van der Waals surface area contributed by atoms with E-state index < -0.39 is 54.4 Å². The summed E-state index contributed by atoms with van der Waals surface area (Å²) >= 11 is 6.33. The van der Waals surface area contributed by atoms with Crippen LogP contribution in [-0.2, 0) is 20.6 Å². The van der Waals surface area contributed by atoms with Gasteiger partial charge >= 0.3 is 0 Å². The van der Waals surface area contributed by atoms with Gasteiger partial charge in [0.25, 0.3) is 5.79 Å². The topological polar surface area (TPSA) is 144 Å². The molecule has 2 aromatic carbocycles. The average Bonchev–Trinajstić information content (AvgIpc) is 3.39. The fraction of sp³-hybridized carbons (Fsp3) is 0.577. The molecule has 2 bridgehead atoms. The molecular formula is C26H29ClO10. The molecule has 4 aliphatic rings. The van der Waals surface area contributed by atoms with Crippen LogP contribution in [0.15, 0.2) is 6.07 Å². The zero-order valence-corrected chi connectivity index (χ0v) is 21.4. The van der Waals surface area contributed by atoms with Gasteiger partial charge in [0.05, 0.1) is 43.1 Å². The van der Waals surface area contributed by atoms with Crippen LogP contribution < -0.4 is 9.47 Å². The minimum Gasteiger partial charge on any atom is -0.506 e. The number of ketones is 1. The van der Waals surface area contributed by atoms with Gasteiger partial charge in [-0.05, 0) is 31.4 Å². The molecule has 3 aliphatic heterocycles. The molecular weight excluding hydrogens is 508 g/mol. The molecule has 6 rings (SSSR count). The number of Topliss-reactive ketones (excluding diaryl/α,β-unsaturated/α-hetero) is 1. The normalized spacial score (nSPS) is 33.6. The number of aromatic hydroxyl groups is 1. The van der Waals surface area contributed by atoms with E-state index in [9.17, 15) is 25.2 Å². The summed E-state index contributed by atoms with van der Waals surface area (Å²) in [4.78, 5) is 12.9. The van der Waals surface area contributed by atoms with E-state index in [1.807, 2.05) is 13.0 Å². The van der Waals surface area contributed by atoms with Crippen LogP contribution in [0.25, 0.3) is 10.8 Å². The maximum absolute atomic E-state index is 12.9. The predicted octanol–water partition coefficient (Wildman–Crippen LogP) is 1.85. The summed E-state index contributed by atoms with van der Waals surface area (Å²) in [6.07, 6.45) is -0.363. The van der Waals surface area contributed by atoms with Gasteiger partial charge in [-0.3, -0.25) is 4.79 Å². The fourth-order valence-electron chi connectivity index (χ4n) is 6.87. The molecule has 0 aromatic heterocycles. The lowest BCUT2D eigenvalue weighted by Crippen LogP contribution is -2.75. The molecule has 0 spiro atoms. The first kappa shape index (κ1) is 25.1. The van der Waals surface area contributed by atoms with E-state index in [0.29, 0.717) is 41.5 Å². The summed E-state index contributed by atoms with van der Waals surface area (Å²) < 4.78 is 30.7. The first-order valence-electron chi connectivity index (χ1n) is 12.2. The highest BCUT2D eigenvalue weighted by Gasteiger charge is 2.86. The molecule has 4 N–H and O–H groups in total. The summed E-state index contributed by atoms with van der Waals surface area (Å²) in [6, 6.07) is 1.83. The number of carbonyl (C=O) groups is 1. The second kappa shape index (κ2) is 8.16. The van der Waals surface area contributed by atoms with Crippen molar-refractivity contribution in [1.82, 2.24) is 0 Å². The van der Waals surface area contributed by atoms with E-state index in [1.54, 1.807) is 0 Å². The van der Waals surface area contributed by atoms with E-state index in [1.165, 1.54) is 14.2 Å². The molecule has 3 unspecified atom stereocenters. The third kappa shape index (κ3) is 2.69. The highest BCUT2D eigenvalue weighted by Crippen LogP contribution is 2.68. The molecule has 5 atom stereocenters. The Morgan fingerprint density at radius 3 is 2.57 bits per heavy atom. The molecule has 2 saturated heterocycles. The van der Waals surface area contributed by atoms with E-state index in [4.69, 9.17) is 35.3 Å². The van der Waals surface area contributed by atoms with Crippen LogP contribution in [-0.4, -0.2) is 82.8 Å². The van der Waals surface area contributed by atoms with Crippen molar-refractivity contribution in [2.24, 2.45) is 5.92 Å². The van der Waals surface area contributed by atoms with Crippen LogP contribution in [0.1, 0.15) is 46.0 Å². The molecule has 0 saturated carbocycles. The minimum atomic E-state index is -2.18. The number of phenols is 1. The van der Waals surface area contributed by atoms with Crippen molar-refractivity contribution in [3.63, 3.8) is 0 Å². The predicted molar refractivity (Wildman–Crippen MR) is 129 cm³/mol. The Hall–Kier alpha value is -2.18. The van der Waals surface area contributed by atoms with Crippen LogP contribution in [0.4, 0.5) is 0 Å². The van der Waals surface area contributed by atoms with Crippen molar-refractivity contribution in [2.75, 3.05) is 33.3 Å². The number of phenolic OH excluding ortho intramolecular Hbond substituents is 1. The number of aryl methyl sites for hydroxylation is 1. The van der Waals surface area contributed by atoms with Crippen LogP contribution in [0, 0.1) is 12.8 Å². The number of rotatable bonds is 6. The van der Waals surface area contributed by atoms with Gasteiger partial charge in [0.1, 0.15) is 23.4 Å². The number of ether oxygens (including phenoxy) is 5. The fourth-order valence-corrected chi connectivity index (χ4v) is 7.24. The zero-order chi connectivity index (χ0) is 26.5. The van der Waals surface area contributed by atoms with Gasteiger partial charge in [-0.15, -0.1) is 11.6 Å². The van der Waals surface area contributed by atoms with Crippen LogP contribution in [0.5, 0.6) is 17.2 Å². The Balaban J connectivity index is 1.69. The molecule has 0 radical (unpaired) electrons. The van der Waals surface area contributed by atoms with Gasteiger partial charge in [0, 0.05) is 30.0 Å². The monoisotopic (exact) mass is 536 g/mol. The van der Waals surface area contributed by atoms with E-state index >= 15 is 0 Å². The van der Waals surface area contributed by atoms with Crippen molar-refractivity contribution in [3.05, 3.63) is 28.3 Å². The molecule has 3 heterocycles. The van der Waals surface area contributed by atoms with Crippen LogP contribution in [0.3, 0.4) is 0 Å². The Morgan fingerprint density at radius 1 is 1.22 bits per heavy atom. The van der Waals surface area contributed by atoms with Gasteiger partial charge < -0.3 is 44.1 Å².